The Balaban J connectivity index is 1.60. The first kappa shape index (κ1) is 17.9. The van der Waals surface area contributed by atoms with E-state index in [2.05, 4.69) is 15.3 Å². The molecule has 0 atom stereocenters. The average molecular weight is 393 g/mol. The molecule has 30 heavy (non-hydrogen) atoms. The lowest BCUT2D eigenvalue weighted by molar-refractivity contribution is 0.310. The van der Waals surface area contributed by atoms with Gasteiger partial charge in [-0.05, 0) is 42.0 Å². The van der Waals surface area contributed by atoms with Gasteiger partial charge in [0.05, 0.1) is 34.7 Å². The molecule has 0 saturated carbocycles. The second-order valence-corrected chi connectivity index (χ2v) is 6.76. The molecule has 6 nitrogen and oxygen atoms in total. The molecule has 1 N–H and O–H groups in total. The highest BCUT2D eigenvalue weighted by atomic mass is 16.5. The van der Waals surface area contributed by atoms with Crippen LogP contribution in [-0.2, 0) is 6.61 Å². The summed E-state index contributed by atoms with van der Waals surface area (Å²) >= 11 is 0. The molecule has 0 bridgehead atoms. The Labute approximate surface area is 173 Å². The zero-order chi connectivity index (χ0) is 20.2. The van der Waals surface area contributed by atoms with Gasteiger partial charge in [0, 0.05) is 12.4 Å². The Bertz CT molecular complexity index is 1250. The predicted octanol–water partition coefficient (Wildman–Crippen LogP) is 5.14. The Morgan fingerprint density at radius 2 is 1.63 bits per heavy atom. The van der Waals surface area contributed by atoms with Gasteiger partial charge in [-0.1, -0.05) is 36.4 Å². The van der Waals surface area contributed by atoms with Crippen LogP contribution in [-0.4, -0.2) is 19.7 Å². The third kappa shape index (κ3) is 3.58. The molecule has 0 aliphatic rings. The maximum absolute atomic E-state index is 6.21. The van der Waals surface area contributed by atoms with Crippen LogP contribution in [0.1, 0.15) is 5.56 Å². The Morgan fingerprint density at radius 1 is 0.800 bits per heavy atom. The molecule has 0 aliphatic carbocycles. The number of ether oxygens (including phenoxy) is 1. The van der Waals surface area contributed by atoms with E-state index in [0.29, 0.717) is 12.4 Å². The van der Waals surface area contributed by atoms with Gasteiger partial charge in [-0.15, -0.1) is 5.10 Å². The van der Waals surface area contributed by atoms with E-state index >= 15 is 0 Å². The molecule has 0 fully saturated rings. The van der Waals surface area contributed by atoms with Crippen LogP contribution in [0, 0.1) is 0 Å². The molecular weight excluding hydrogens is 374 g/mol. The van der Waals surface area contributed by atoms with Crippen LogP contribution in [0.2, 0.25) is 0 Å². The van der Waals surface area contributed by atoms with Gasteiger partial charge < -0.3 is 10.1 Å². The van der Waals surface area contributed by atoms with Gasteiger partial charge in [-0.2, -0.15) is 0 Å². The Hall–Kier alpha value is -4.19. The lowest BCUT2D eigenvalue weighted by Crippen LogP contribution is -1.98. The Morgan fingerprint density at radius 3 is 2.40 bits per heavy atom. The summed E-state index contributed by atoms with van der Waals surface area (Å²) in [4.78, 5) is 8.42. The summed E-state index contributed by atoms with van der Waals surface area (Å²) in [6.45, 7) is 0.477. The van der Waals surface area contributed by atoms with E-state index in [0.717, 1.165) is 33.6 Å². The molecule has 3 heterocycles. The fraction of sp³-hybridized carbons (Fsp3) is 0.0417. The van der Waals surface area contributed by atoms with Gasteiger partial charge in [0.1, 0.15) is 12.4 Å². The van der Waals surface area contributed by atoms with Crippen molar-refractivity contribution in [2.75, 3.05) is 5.32 Å². The van der Waals surface area contributed by atoms with Crippen LogP contribution < -0.4 is 10.1 Å². The second-order valence-electron chi connectivity index (χ2n) is 6.76. The Kier molecular flexibility index (Phi) is 4.79. The van der Waals surface area contributed by atoms with E-state index in [1.54, 1.807) is 24.8 Å². The van der Waals surface area contributed by atoms with E-state index in [1.807, 2.05) is 77.5 Å². The summed E-state index contributed by atoms with van der Waals surface area (Å²) in [6.07, 6.45) is 7.05. The summed E-state index contributed by atoms with van der Waals surface area (Å²) in [7, 11) is 0. The molecular formula is C24H19N5O. The SMILES string of the molecule is c1ccc(COc2cccc3c2c(Nc2cccnc2)nn3-c2cccnc2)cc1. The first-order chi connectivity index (χ1) is 14.9. The standard InChI is InChI=1S/C24H19N5O/c1-2-7-18(8-3-1)17-30-22-12-4-11-21-23(22)24(27-19-9-5-13-25-15-19)28-29(21)20-10-6-14-26-16-20/h1-16H,17H2,(H,27,28). The minimum atomic E-state index is 0.477. The first-order valence-electron chi connectivity index (χ1n) is 9.64. The normalized spacial score (nSPS) is 10.8. The topological polar surface area (TPSA) is 64.9 Å². The van der Waals surface area contributed by atoms with Crippen LogP contribution in [0.3, 0.4) is 0 Å². The molecule has 0 radical (unpaired) electrons. The number of rotatable bonds is 6. The largest absolute Gasteiger partial charge is 0.488 e. The predicted molar refractivity (Wildman–Crippen MR) is 117 cm³/mol. The second kappa shape index (κ2) is 8.05. The van der Waals surface area contributed by atoms with Crippen molar-refractivity contribution in [3.05, 3.63) is 103 Å². The molecule has 0 amide bonds. The lowest BCUT2D eigenvalue weighted by Gasteiger charge is -2.09. The molecule has 0 saturated heterocycles. The van der Waals surface area contributed by atoms with Gasteiger partial charge in [0.25, 0.3) is 0 Å². The molecule has 0 unspecified atom stereocenters. The summed E-state index contributed by atoms with van der Waals surface area (Å²) < 4.78 is 8.08. The van der Waals surface area contributed by atoms with Gasteiger partial charge in [0.15, 0.2) is 5.82 Å². The molecule has 0 spiro atoms. The monoisotopic (exact) mass is 393 g/mol. The van der Waals surface area contributed by atoms with Crippen LogP contribution in [0.25, 0.3) is 16.6 Å². The minimum Gasteiger partial charge on any atom is -0.488 e. The highest BCUT2D eigenvalue weighted by molar-refractivity contribution is 5.97. The highest BCUT2D eigenvalue weighted by Gasteiger charge is 2.17. The van der Waals surface area contributed by atoms with Crippen LogP contribution in [0.15, 0.2) is 97.6 Å². The fourth-order valence-corrected chi connectivity index (χ4v) is 3.33. The van der Waals surface area contributed by atoms with Crippen LogP contribution in [0.4, 0.5) is 11.5 Å². The average Bonchev–Trinajstić information content (AvgIpc) is 3.19. The number of hydrogen-bond donors (Lipinski definition) is 1. The number of anilines is 2. The van der Waals surface area contributed by atoms with Crippen molar-refractivity contribution in [3.63, 3.8) is 0 Å². The summed E-state index contributed by atoms with van der Waals surface area (Å²) in [5.41, 5.74) is 3.77. The van der Waals surface area contributed by atoms with Crippen LogP contribution in [0.5, 0.6) is 5.75 Å². The number of nitrogens with one attached hydrogen (secondary N) is 1. The minimum absolute atomic E-state index is 0.477. The summed E-state index contributed by atoms with van der Waals surface area (Å²) in [5.74, 6) is 1.46. The van der Waals surface area contributed by atoms with Crippen molar-refractivity contribution in [2.24, 2.45) is 0 Å². The van der Waals surface area contributed by atoms with Gasteiger partial charge in [-0.25, -0.2) is 4.68 Å². The molecule has 5 aromatic rings. The van der Waals surface area contributed by atoms with Gasteiger partial charge >= 0.3 is 0 Å². The smallest absolute Gasteiger partial charge is 0.164 e. The third-order valence-corrected chi connectivity index (χ3v) is 4.72. The maximum Gasteiger partial charge on any atom is 0.164 e. The van der Waals surface area contributed by atoms with E-state index < -0.39 is 0 Å². The summed E-state index contributed by atoms with van der Waals surface area (Å²) in [5, 5.41) is 9.11. The van der Waals surface area contributed by atoms with Crippen molar-refractivity contribution >= 4 is 22.4 Å². The number of benzene rings is 2. The molecule has 146 valence electrons. The number of fused-ring (bicyclic) bond motifs is 1. The fourth-order valence-electron chi connectivity index (χ4n) is 3.33. The zero-order valence-electron chi connectivity index (χ0n) is 16.1. The first-order valence-corrected chi connectivity index (χ1v) is 9.64. The van der Waals surface area contributed by atoms with Crippen molar-refractivity contribution in [3.8, 4) is 11.4 Å². The van der Waals surface area contributed by atoms with Gasteiger partial charge in [-0.3, -0.25) is 9.97 Å². The molecule has 2 aromatic carbocycles. The molecule has 6 heteroatoms. The molecule has 3 aromatic heterocycles. The van der Waals surface area contributed by atoms with E-state index in [1.165, 1.54) is 0 Å². The van der Waals surface area contributed by atoms with Crippen LogP contribution >= 0.6 is 0 Å². The quantitative estimate of drug-likeness (QED) is 0.433. The zero-order valence-corrected chi connectivity index (χ0v) is 16.1. The van der Waals surface area contributed by atoms with E-state index in [-0.39, 0.29) is 0 Å². The van der Waals surface area contributed by atoms with Crippen molar-refractivity contribution in [2.45, 2.75) is 6.61 Å². The third-order valence-electron chi connectivity index (χ3n) is 4.72. The maximum atomic E-state index is 6.21. The lowest BCUT2D eigenvalue weighted by atomic mass is 10.2. The number of pyridine rings is 2. The highest BCUT2D eigenvalue weighted by Crippen LogP contribution is 2.35. The number of hydrogen-bond acceptors (Lipinski definition) is 5. The molecule has 5 rings (SSSR count). The van der Waals surface area contributed by atoms with Crippen molar-refractivity contribution < 1.29 is 4.74 Å². The molecule has 0 aliphatic heterocycles. The van der Waals surface area contributed by atoms with E-state index in [9.17, 15) is 0 Å². The van der Waals surface area contributed by atoms with Gasteiger partial charge in [0.2, 0.25) is 0 Å². The van der Waals surface area contributed by atoms with Crippen molar-refractivity contribution in [1.29, 1.82) is 0 Å². The number of aromatic nitrogens is 4. The van der Waals surface area contributed by atoms with E-state index in [4.69, 9.17) is 9.84 Å². The van der Waals surface area contributed by atoms with Crippen molar-refractivity contribution in [1.82, 2.24) is 19.7 Å². The number of nitrogens with zero attached hydrogens (tertiary/aromatic N) is 4. The summed E-state index contributed by atoms with van der Waals surface area (Å²) in [6, 6.07) is 23.8.